The molecule has 0 radical (unpaired) electrons. The number of nitrogen functional groups attached to an aromatic ring is 1. The Balaban J connectivity index is 1.26. The summed E-state index contributed by atoms with van der Waals surface area (Å²) in [5.74, 6) is 0.592. The SMILES string of the molecule is Cc1nc(N)ccc1CCC(=O)[C@H](C)NC(=O)[C@@H]1CC[C@@H](Cc2cccc(-c3ccc(F)cc3)c2)C1. The van der Waals surface area contributed by atoms with E-state index in [1.807, 2.05) is 25.1 Å². The van der Waals surface area contributed by atoms with Crippen LogP contribution in [0.2, 0.25) is 0 Å². The van der Waals surface area contributed by atoms with Gasteiger partial charge >= 0.3 is 0 Å². The molecule has 1 heterocycles. The number of rotatable bonds is 9. The number of pyridine rings is 1. The maximum atomic E-state index is 13.3. The molecule has 3 aromatic rings. The van der Waals surface area contributed by atoms with Crippen molar-refractivity contribution in [2.75, 3.05) is 5.73 Å². The van der Waals surface area contributed by atoms with Crippen molar-refractivity contribution in [2.45, 2.75) is 58.4 Å². The number of nitrogens with two attached hydrogens (primary N) is 1. The Morgan fingerprint density at radius 2 is 1.86 bits per heavy atom. The molecule has 0 saturated heterocycles. The molecule has 0 bridgehead atoms. The first kappa shape index (κ1) is 25.5. The number of Topliss-reactive ketones (excluding diaryl/α,β-unsaturated/α-hetero) is 1. The van der Waals surface area contributed by atoms with E-state index in [0.29, 0.717) is 24.6 Å². The number of amides is 1. The summed E-state index contributed by atoms with van der Waals surface area (Å²) in [6, 6.07) is 18.0. The fourth-order valence-electron chi connectivity index (χ4n) is 5.11. The fraction of sp³-hybridized carbons (Fsp3) is 0.367. The fourth-order valence-corrected chi connectivity index (χ4v) is 5.11. The highest BCUT2D eigenvalue weighted by molar-refractivity contribution is 5.89. The largest absolute Gasteiger partial charge is 0.384 e. The Labute approximate surface area is 212 Å². The van der Waals surface area contributed by atoms with Crippen molar-refractivity contribution in [1.82, 2.24) is 10.3 Å². The number of nitrogens with zero attached hydrogens (tertiary/aromatic N) is 1. The lowest BCUT2D eigenvalue weighted by molar-refractivity contribution is -0.129. The van der Waals surface area contributed by atoms with Crippen LogP contribution >= 0.6 is 0 Å². The van der Waals surface area contributed by atoms with Crippen molar-refractivity contribution in [3.8, 4) is 11.1 Å². The molecule has 6 heteroatoms. The van der Waals surface area contributed by atoms with Gasteiger partial charge in [0.1, 0.15) is 11.6 Å². The van der Waals surface area contributed by atoms with Crippen LogP contribution in [0.15, 0.2) is 60.7 Å². The minimum absolute atomic E-state index is 0.0201. The van der Waals surface area contributed by atoms with Crippen LogP contribution in [0.4, 0.5) is 10.2 Å². The lowest BCUT2D eigenvalue weighted by atomic mass is 9.94. The molecular formula is C30H34FN3O2. The summed E-state index contributed by atoms with van der Waals surface area (Å²) in [5.41, 5.74) is 10.8. The number of halogens is 1. The van der Waals surface area contributed by atoms with Crippen molar-refractivity contribution in [3.05, 3.63) is 83.3 Å². The first-order valence-electron chi connectivity index (χ1n) is 12.7. The number of hydrogen-bond donors (Lipinski definition) is 2. The van der Waals surface area contributed by atoms with E-state index in [4.69, 9.17) is 5.73 Å². The van der Waals surface area contributed by atoms with Gasteiger partial charge in [-0.2, -0.15) is 0 Å². The van der Waals surface area contributed by atoms with Gasteiger partial charge in [0, 0.05) is 18.0 Å². The van der Waals surface area contributed by atoms with E-state index < -0.39 is 6.04 Å². The van der Waals surface area contributed by atoms with Gasteiger partial charge in [-0.15, -0.1) is 0 Å². The lowest BCUT2D eigenvalue weighted by Gasteiger charge is -2.17. The zero-order chi connectivity index (χ0) is 25.7. The van der Waals surface area contributed by atoms with E-state index in [0.717, 1.165) is 48.1 Å². The van der Waals surface area contributed by atoms with Gasteiger partial charge in [-0.05, 0) is 92.3 Å². The third kappa shape index (κ3) is 6.56. The van der Waals surface area contributed by atoms with Crippen LogP contribution in [-0.2, 0) is 22.4 Å². The highest BCUT2D eigenvalue weighted by Crippen LogP contribution is 2.34. The molecule has 188 valence electrons. The van der Waals surface area contributed by atoms with Crippen molar-refractivity contribution in [3.63, 3.8) is 0 Å². The molecule has 1 aliphatic carbocycles. The van der Waals surface area contributed by atoms with Gasteiger partial charge in [-0.1, -0.05) is 42.5 Å². The molecule has 1 amide bonds. The summed E-state index contributed by atoms with van der Waals surface area (Å²) in [6.07, 6.45) is 4.49. The number of aryl methyl sites for hydroxylation is 2. The zero-order valence-electron chi connectivity index (χ0n) is 21.0. The van der Waals surface area contributed by atoms with Gasteiger partial charge in [0.05, 0.1) is 6.04 Å². The molecule has 3 N–H and O–H groups in total. The average Bonchev–Trinajstić information content (AvgIpc) is 3.32. The van der Waals surface area contributed by atoms with Crippen LogP contribution in [-0.4, -0.2) is 22.7 Å². The second-order valence-corrected chi connectivity index (χ2v) is 9.96. The van der Waals surface area contributed by atoms with Gasteiger partial charge < -0.3 is 11.1 Å². The van der Waals surface area contributed by atoms with Crippen LogP contribution < -0.4 is 11.1 Å². The summed E-state index contributed by atoms with van der Waals surface area (Å²) in [6.45, 7) is 3.65. The second-order valence-electron chi connectivity index (χ2n) is 9.96. The predicted octanol–water partition coefficient (Wildman–Crippen LogP) is 5.44. The molecule has 0 spiro atoms. The highest BCUT2D eigenvalue weighted by atomic mass is 19.1. The van der Waals surface area contributed by atoms with Crippen LogP contribution in [0.3, 0.4) is 0 Å². The number of hydrogen-bond acceptors (Lipinski definition) is 4. The van der Waals surface area contributed by atoms with Gasteiger partial charge in [0.2, 0.25) is 5.91 Å². The van der Waals surface area contributed by atoms with E-state index in [1.165, 1.54) is 17.7 Å². The number of carbonyl (C=O) groups is 2. The number of nitrogens with one attached hydrogen (secondary N) is 1. The van der Waals surface area contributed by atoms with E-state index >= 15 is 0 Å². The normalized spacial score (nSPS) is 18.1. The maximum Gasteiger partial charge on any atom is 0.223 e. The molecule has 1 saturated carbocycles. The zero-order valence-corrected chi connectivity index (χ0v) is 21.0. The van der Waals surface area contributed by atoms with Crippen LogP contribution in [0.25, 0.3) is 11.1 Å². The van der Waals surface area contributed by atoms with E-state index in [1.54, 1.807) is 25.1 Å². The van der Waals surface area contributed by atoms with Gasteiger partial charge in [0.25, 0.3) is 0 Å². The van der Waals surface area contributed by atoms with E-state index in [-0.39, 0.29) is 23.4 Å². The van der Waals surface area contributed by atoms with Crippen molar-refractivity contribution >= 4 is 17.5 Å². The van der Waals surface area contributed by atoms with Crippen molar-refractivity contribution in [2.24, 2.45) is 11.8 Å². The minimum Gasteiger partial charge on any atom is -0.384 e. The number of carbonyl (C=O) groups excluding carboxylic acids is 2. The first-order valence-corrected chi connectivity index (χ1v) is 12.7. The van der Waals surface area contributed by atoms with Crippen LogP contribution in [0.5, 0.6) is 0 Å². The molecule has 1 aliphatic rings. The summed E-state index contributed by atoms with van der Waals surface area (Å²) in [4.78, 5) is 29.8. The number of benzene rings is 2. The topological polar surface area (TPSA) is 85.1 Å². The Morgan fingerprint density at radius 3 is 2.61 bits per heavy atom. The van der Waals surface area contributed by atoms with E-state index in [2.05, 4.69) is 22.4 Å². The first-order chi connectivity index (χ1) is 17.3. The Kier molecular flexibility index (Phi) is 8.14. The molecule has 1 fully saturated rings. The van der Waals surface area contributed by atoms with Gasteiger partial charge in [0.15, 0.2) is 5.78 Å². The Bertz CT molecular complexity index is 1230. The summed E-state index contributed by atoms with van der Waals surface area (Å²) < 4.78 is 13.3. The molecule has 3 atom stereocenters. The molecule has 36 heavy (non-hydrogen) atoms. The lowest BCUT2D eigenvalue weighted by Crippen LogP contribution is -2.41. The van der Waals surface area contributed by atoms with Gasteiger partial charge in [-0.3, -0.25) is 9.59 Å². The highest BCUT2D eigenvalue weighted by Gasteiger charge is 2.31. The van der Waals surface area contributed by atoms with E-state index in [9.17, 15) is 14.0 Å². The molecule has 0 aliphatic heterocycles. The molecular weight excluding hydrogens is 453 g/mol. The van der Waals surface area contributed by atoms with Crippen molar-refractivity contribution in [1.29, 1.82) is 0 Å². The average molecular weight is 488 g/mol. The smallest absolute Gasteiger partial charge is 0.223 e. The minimum atomic E-state index is -0.508. The third-order valence-electron chi connectivity index (χ3n) is 7.24. The maximum absolute atomic E-state index is 13.3. The number of aromatic nitrogens is 1. The molecule has 4 rings (SSSR count). The van der Waals surface area contributed by atoms with Gasteiger partial charge in [-0.25, -0.2) is 9.37 Å². The van der Waals surface area contributed by atoms with Crippen LogP contribution in [0, 0.1) is 24.6 Å². The Hall–Kier alpha value is -3.54. The summed E-state index contributed by atoms with van der Waals surface area (Å²) >= 11 is 0. The summed E-state index contributed by atoms with van der Waals surface area (Å²) in [5, 5.41) is 2.95. The number of anilines is 1. The van der Waals surface area contributed by atoms with Crippen LogP contribution in [0.1, 0.15) is 49.4 Å². The quantitative estimate of drug-likeness (QED) is 0.421. The molecule has 1 aromatic heterocycles. The second kappa shape index (κ2) is 11.5. The monoisotopic (exact) mass is 487 g/mol. The number of ketones is 1. The molecule has 2 aromatic carbocycles. The summed E-state index contributed by atoms with van der Waals surface area (Å²) in [7, 11) is 0. The molecule has 0 unspecified atom stereocenters. The standard InChI is InChI=1S/C30H34FN3O2/c1-19-23(11-15-29(32)33-19)10-14-28(35)20(2)34-30(36)26-7-6-22(18-26)16-21-4-3-5-25(17-21)24-8-12-27(31)13-9-24/h3-5,8-9,11-13,15,17,20,22,26H,6-7,10,14,16,18H2,1-2H3,(H2,32,33)(H,34,36)/t20-,22-,26+/m0/s1. The van der Waals surface area contributed by atoms with Crippen molar-refractivity contribution < 1.29 is 14.0 Å². The Morgan fingerprint density at radius 1 is 1.08 bits per heavy atom. The molecule has 5 nitrogen and oxygen atoms in total. The third-order valence-corrected chi connectivity index (χ3v) is 7.24. The predicted molar refractivity (Wildman–Crippen MR) is 141 cm³/mol.